The summed E-state index contributed by atoms with van der Waals surface area (Å²) in [6.07, 6.45) is 4.51. The van der Waals surface area contributed by atoms with Crippen molar-refractivity contribution in [2.75, 3.05) is 33.2 Å². The summed E-state index contributed by atoms with van der Waals surface area (Å²) in [5, 5.41) is 6.20. The van der Waals surface area contributed by atoms with E-state index in [1.54, 1.807) is 23.1 Å². The Hall–Kier alpha value is -2.67. The highest BCUT2D eigenvalue weighted by molar-refractivity contribution is 5.98. The zero-order valence-electron chi connectivity index (χ0n) is 15.6. The number of likely N-dealkylation sites (tertiary alicyclic amines) is 1. The average Bonchev–Trinajstić information content (AvgIpc) is 2.71. The molecule has 1 aromatic carbocycles. The van der Waals surface area contributed by atoms with Gasteiger partial charge in [-0.3, -0.25) is 14.4 Å². The van der Waals surface area contributed by atoms with Crippen LogP contribution in [0.5, 0.6) is 0 Å². The molecule has 2 aromatic rings. The van der Waals surface area contributed by atoms with Crippen molar-refractivity contribution < 1.29 is 9.59 Å². The molecule has 1 aliphatic heterocycles. The molecule has 1 fully saturated rings. The van der Waals surface area contributed by atoms with Crippen molar-refractivity contribution in [1.82, 2.24) is 20.5 Å². The Morgan fingerprint density at radius 3 is 2.70 bits per heavy atom. The molecule has 0 spiro atoms. The van der Waals surface area contributed by atoms with Crippen molar-refractivity contribution in [3.05, 3.63) is 46.2 Å². The van der Waals surface area contributed by atoms with Gasteiger partial charge in [0.1, 0.15) is 5.56 Å². The Balaban J connectivity index is 1.54. The summed E-state index contributed by atoms with van der Waals surface area (Å²) in [6, 6.07) is 7.03. The van der Waals surface area contributed by atoms with E-state index in [4.69, 9.17) is 0 Å². The number of carbonyl (C=O) groups excluding carboxylic acids is 2. The van der Waals surface area contributed by atoms with Crippen molar-refractivity contribution in [1.29, 1.82) is 0 Å². The minimum atomic E-state index is -0.528. The number of hydrogen-bond acceptors (Lipinski definition) is 4. The molecule has 27 heavy (non-hydrogen) atoms. The Labute approximate surface area is 158 Å². The molecule has 0 unspecified atom stereocenters. The third kappa shape index (κ3) is 4.54. The minimum absolute atomic E-state index is 0.0206. The fourth-order valence-corrected chi connectivity index (χ4v) is 3.52. The number of amides is 2. The van der Waals surface area contributed by atoms with Gasteiger partial charge in [-0.2, -0.15) is 0 Å². The van der Waals surface area contributed by atoms with E-state index < -0.39 is 5.91 Å². The van der Waals surface area contributed by atoms with Crippen LogP contribution in [0.2, 0.25) is 0 Å². The second-order valence-electron chi connectivity index (χ2n) is 6.98. The van der Waals surface area contributed by atoms with Crippen LogP contribution in [0.4, 0.5) is 0 Å². The van der Waals surface area contributed by atoms with Gasteiger partial charge >= 0.3 is 0 Å². The lowest BCUT2D eigenvalue weighted by Crippen LogP contribution is -2.44. The molecule has 0 bridgehead atoms. The van der Waals surface area contributed by atoms with Crippen LogP contribution in [-0.2, 0) is 4.79 Å². The monoisotopic (exact) mass is 370 g/mol. The summed E-state index contributed by atoms with van der Waals surface area (Å²) >= 11 is 0. The normalized spacial score (nSPS) is 15.1. The maximum absolute atomic E-state index is 12.5. The highest BCUT2D eigenvalue weighted by Crippen LogP contribution is 2.19. The van der Waals surface area contributed by atoms with E-state index in [-0.39, 0.29) is 23.4 Å². The predicted molar refractivity (Wildman–Crippen MR) is 105 cm³/mol. The molecule has 3 rings (SSSR count). The SMILES string of the molecule is CNCCC1CCN(C(=O)CNC(=O)c2c[nH]c3ccccc3c2=O)CC1. The first kappa shape index (κ1) is 19.1. The Kier molecular flexibility index (Phi) is 6.24. The number of nitrogens with one attached hydrogen (secondary N) is 3. The van der Waals surface area contributed by atoms with E-state index >= 15 is 0 Å². The van der Waals surface area contributed by atoms with Gasteiger partial charge in [0.2, 0.25) is 11.3 Å². The number of piperidine rings is 1. The summed E-state index contributed by atoms with van der Waals surface area (Å²) in [6.45, 7) is 2.35. The van der Waals surface area contributed by atoms with Crippen molar-refractivity contribution in [3.63, 3.8) is 0 Å². The number of aromatic amines is 1. The highest BCUT2D eigenvalue weighted by Gasteiger charge is 2.23. The van der Waals surface area contributed by atoms with Crippen LogP contribution in [0.25, 0.3) is 10.9 Å². The molecule has 7 heteroatoms. The maximum Gasteiger partial charge on any atom is 0.257 e. The van der Waals surface area contributed by atoms with E-state index in [0.29, 0.717) is 16.8 Å². The van der Waals surface area contributed by atoms with Gasteiger partial charge in [-0.15, -0.1) is 0 Å². The molecule has 144 valence electrons. The molecule has 0 aliphatic carbocycles. The molecule has 2 amide bonds. The molecule has 2 heterocycles. The van der Waals surface area contributed by atoms with Gasteiger partial charge in [0, 0.05) is 30.2 Å². The first-order valence-electron chi connectivity index (χ1n) is 9.41. The number of fused-ring (bicyclic) bond motifs is 1. The molecule has 1 aromatic heterocycles. The quantitative estimate of drug-likeness (QED) is 0.710. The summed E-state index contributed by atoms with van der Waals surface area (Å²) in [5.41, 5.74) is 0.364. The van der Waals surface area contributed by atoms with Gasteiger partial charge in [-0.25, -0.2) is 0 Å². The highest BCUT2D eigenvalue weighted by atomic mass is 16.2. The fourth-order valence-electron chi connectivity index (χ4n) is 3.52. The number of aromatic nitrogens is 1. The van der Waals surface area contributed by atoms with Crippen LogP contribution in [-0.4, -0.2) is 54.9 Å². The van der Waals surface area contributed by atoms with E-state index in [2.05, 4.69) is 15.6 Å². The summed E-state index contributed by atoms with van der Waals surface area (Å²) < 4.78 is 0. The first-order valence-corrected chi connectivity index (χ1v) is 9.41. The lowest BCUT2D eigenvalue weighted by Gasteiger charge is -2.32. The van der Waals surface area contributed by atoms with E-state index in [1.807, 2.05) is 13.1 Å². The fraction of sp³-hybridized carbons (Fsp3) is 0.450. The number of H-pyrrole nitrogens is 1. The number of nitrogens with zero attached hydrogens (tertiary/aromatic N) is 1. The first-order chi connectivity index (χ1) is 13.1. The lowest BCUT2D eigenvalue weighted by atomic mass is 9.93. The van der Waals surface area contributed by atoms with E-state index in [1.165, 1.54) is 6.20 Å². The zero-order chi connectivity index (χ0) is 19.2. The lowest BCUT2D eigenvalue weighted by molar-refractivity contribution is -0.131. The largest absolute Gasteiger partial charge is 0.360 e. The van der Waals surface area contributed by atoms with Gasteiger partial charge < -0.3 is 20.5 Å². The molecular formula is C20H26N4O3. The molecule has 0 atom stereocenters. The van der Waals surface area contributed by atoms with Crippen molar-refractivity contribution in [3.8, 4) is 0 Å². The minimum Gasteiger partial charge on any atom is -0.360 e. The van der Waals surface area contributed by atoms with Gasteiger partial charge in [0.25, 0.3) is 5.91 Å². The van der Waals surface area contributed by atoms with Crippen LogP contribution in [0, 0.1) is 5.92 Å². The number of rotatable bonds is 6. The topological polar surface area (TPSA) is 94.3 Å². The van der Waals surface area contributed by atoms with Crippen LogP contribution in [0.1, 0.15) is 29.6 Å². The van der Waals surface area contributed by atoms with Gasteiger partial charge in [-0.05, 0) is 50.9 Å². The predicted octanol–water partition coefficient (Wildman–Crippen LogP) is 1.11. The van der Waals surface area contributed by atoms with Gasteiger partial charge in [0.05, 0.1) is 6.54 Å². The third-order valence-corrected chi connectivity index (χ3v) is 5.20. The van der Waals surface area contributed by atoms with Crippen LogP contribution >= 0.6 is 0 Å². The molecule has 1 saturated heterocycles. The number of hydrogen-bond donors (Lipinski definition) is 3. The molecule has 1 aliphatic rings. The summed E-state index contributed by atoms with van der Waals surface area (Å²) in [5.74, 6) is 0.0131. The number of carbonyl (C=O) groups is 2. The standard InChI is InChI=1S/C20H26N4O3/c1-21-9-6-14-7-10-24(11-8-14)18(25)13-23-20(27)16-12-22-17-5-3-2-4-15(17)19(16)26/h2-5,12,14,21H,6-11,13H2,1H3,(H,22,26)(H,23,27). The summed E-state index contributed by atoms with van der Waals surface area (Å²) in [7, 11) is 1.95. The van der Waals surface area contributed by atoms with Crippen LogP contribution < -0.4 is 16.1 Å². The van der Waals surface area contributed by atoms with Gasteiger partial charge in [0.15, 0.2) is 0 Å². The molecule has 3 N–H and O–H groups in total. The smallest absolute Gasteiger partial charge is 0.257 e. The van der Waals surface area contributed by atoms with Gasteiger partial charge in [-0.1, -0.05) is 12.1 Å². The molecule has 7 nitrogen and oxygen atoms in total. The Morgan fingerprint density at radius 2 is 1.96 bits per heavy atom. The van der Waals surface area contributed by atoms with Crippen LogP contribution in [0.3, 0.4) is 0 Å². The molecule has 0 radical (unpaired) electrons. The second-order valence-corrected chi connectivity index (χ2v) is 6.98. The van der Waals surface area contributed by atoms with Crippen molar-refractivity contribution in [2.45, 2.75) is 19.3 Å². The van der Waals surface area contributed by atoms with Crippen LogP contribution in [0.15, 0.2) is 35.3 Å². The Morgan fingerprint density at radius 1 is 1.22 bits per heavy atom. The second kappa shape index (κ2) is 8.81. The third-order valence-electron chi connectivity index (χ3n) is 5.20. The number of pyridine rings is 1. The molecular weight excluding hydrogens is 344 g/mol. The average molecular weight is 370 g/mol. The summed E-state index contributed by atoms with van der Waals surface area (Å²) in [4.78, 5) is 41.9. The maximum atomic E-state index is 12.5. The number of benzene rings is 1. The van der Waals surface area contributed by atoms with Crippen molar-refractivity contribution in [2.24, 2.45) is 5.92 Å². The molecule has 0 saturated carbocycles. The van der Waals surface area contributed by atoms with E-state index in [9.17, 15) is 14.4 Å². The Bertz CT molecular complexity index is 869. The number of para-hydroxylation sites is 1. The van der Waals surface area contributed by atoms with Crippen molar-refractivity contribution >= 4 is 22.7 Å². The zero-order valence-corrected chi connectivity index (χ0v) is 15.6. The van der Waals surface area contributed by atoms with E-state index in [0.717, 1.165) is 38.9 Å².